The summed E-state index contributed by atoms with van der Waals surface area (Å²) in [5, 5.41) is 6.15. The van der Waals surface area contributed by atoms with Crippen LogP contribution in [0.4, 0.5) is 0 Å². The number of nitrogens with one attached hydrogen (secondary N) is 1. The zero-order valence-electron chi connectivity index (χ0n) is 12.4. The van der Waals surface area contributed by atoms with Crippen LogP contribution in [-0.4, -0.2) is 30.2 Å². The predicted molar refractivity (Wildman–Crippen MR) is 89.9 cm³/mol. The fraction of sp³-hybridized carbons (Fsp3) is 0.375. The van der Waals surface area contributed by atoms with Gasteiger partial charge in [-0.1, -0.05) is 30.3 Å². The summed E-state index contributed by atoms with van der Waals surface area (Å²) in [6, 6.07) is 10.2. The van der Waals surface area contributed by atoms with E-state index >= 15 is 0 Å². The predicted octanol–water partition coefficient (Wildman–Crippen LogP) is 2.39. The molecular weight excluding hydrogens is 296 g/mol. The van der Waals surface area contributed by atoms with Crippen molar-refractivity contribution in [3.63, 3.8) is 0 Å². The molecule has 1 atom stereocenters. The summed E-state index contributed by atoms with van der Waals surface area (Å²) in [6.07, 6.45) is 2.48. The SMILES string of the molecule is NC(=NCc1csc(-c2ccccc2)n1)NCC1CCCO1. The molecule has 2 aromatic rings. The molecule has 0 bridgehead atoms. The van der Waals surface area contributed by atoms with Crippen LogP contribution in [0.15, 0.2) is 40.7 Å². The fourth-order valence-electron chi connectivity index (χ4n) is 2.34. The van der Waals surface area contributed by atoms with E-state index in [1.54, 1.807) is 11.3 Å². The van der Waals surface area contributed by atoms with Crippen molar-refractivity contribution in [2.45, 2.75) is 25.5 Å². The lowest BCUT2D eigenvalue weighted by atomic mass is 10.2. The smallest absolute Gasteiger partial charge is 0.189 e. The van der Waals surface area contributed by atoms with Gasteiger partial charge in [-0.2, -0.15) is 0 Å². The molecular formula is C16H20N4OS. The maximum atomic E-state index is 5.88. The van der Waals surface area contributed by atoms with Crippen molar-refractivity contribution in [3.8, 4) is 10.6 Å². The monoisotopic (exact) mass is 316 g/mol. The van der Waals surface area contributed by atoms with Gasteiger partial charge in [0, 0.05) is 24.1 Å². The van der Waals surface area contributed by atoms with Gasteiger partial charge >= 0.3 is 0 Å². The minimum Gasteiger partial charge on any atom is -0.376 e. The molecule has 1 aromatic carbocycles. The van der Waals surface area contributed by atoms with Gasteiger partial charge in [0.05, 0.1) is 18.3 Å². The number of nitrogens with two attached hydrogens (primary N) is 1. The minimum absolute atomic E-state index is 0.262. The van der Waals surface area contributed by atoms with E-state index in [0.717, 1.165) is 42.3 Å². The number of ether oxygens (including phenoxy) is 1. The maximum Gasteiger partial charge on any atom is 0.189 e. The quantitative estimate of drug-likeness (QED) is 0.656. The Morgan fingerprint density at radius 3 is 3.05 bits per heavy atom. The molecule has 0 radical (unpaired) electrons. The first kappa shape index (κ1) is 15.0. The number of benzene rings is 1. The normalized spacial score (nSPS) is 18.5. The third-order valence-electron chi connectivity index (χ3n) is 3.52. The highest BCUT2D eigenvalue weighted by Gasteiger charge is 2.14. The molecule has 2 heterocycles. The van der Waals surface area contributed by atoms with Gasteiger partial charge in [0.1, 0.15) is 5.01 Å². The second-order valence-electron chi connectivity index (χ2n) is 5.23. The molecule has 1 fully saturated rings. The van der Waals surface area contributed by atoms with Crippen molar-refractivity contribution in [1.82, 2.24) is 10.3 Å². The number of nitrogens with zero attached hydrogens (tertiary/aromatic N) is 2. The Labute approximate surface area is 134 Å². The van der Waals surface area contributed by atoms with Crippen LogP contribution in [0, 0.1) is 0 Å². The minimum atomic E-state index is 0.262. The van der Waals surface area contributed by atoms with E-state index in [2.05, 4.69) is 27.4 Å². The van der Waals surface area contributed by atoms with Gasteiger partial charge in [0.15, 0.2) is 5.96 Å². The van der Waals surface area contributed by atoms with Gasteiger partial charge in [-0.3, -0.25) is 0 Å². The molecule has 1 aromatic heterocycles. The molecule has 0 aliphatic carbocycles. The van der Waals surface area contributed by atoms with Crippen LogP contribution in [0.5, 0.6) is 0 Å². The molecule has 1 unspecified atom stereocenters. The van der Waals surface area contributed by atoms with E-state index in [1.165, 1.54) is 0 Å². The number of guanidine groups is 1. The standard InChI is InChI=1S/C16H20N4OS/c17-16(19-10-14-7-4-8-21-14)18-9-13-11-22-15(20-13)12-5-2-1-3-6-12/h1-3,5-6,11,14H,4,7-10H2,(H3,17,18,19). The third-order valence-corrected chi connectivity index (χ3v) is 4.46. The average Bonchev–Trinajstić information content (AvgIpc) is 3.23. The highest BCUT2D eigenvalue weighted by Crippen LogP contribution is 2.23. The number of hydrogen-bond acceptors (Lipinski definition) is 4. The van der Waals surface area contributed by atoms with Gasteiger partial charge in [-0.05, 0) is 12.8 Å². The summed E-state index contributed by atoms with van der Waals surface area (Å²) in [5.41, 5.74) is 7.94. The second kappa shape index (κ2) is 7.38. The fourth-order valence-corrected chi connectivity index (χ4v) is 3.16. The van der Waals surface area contributed by atoms with Crippen molar-refractivity contribution in [2.75, 3.05) is 13.2 Å². The molecule has 3 rings (SSSR count). The van der Waals surface area contributed by atoms with Crippen molar-refractivity contribution < 1.29 is 4.74 Å². The Hall–Kier alpha value is -1.92. The van der Waals surface area contributed by atoms with Crippen LogP contribution in [0.2, 0.25) is 0 Å². The van der Waals surface area contributed by atoms with Crippen LogP contribution >= 0.6 is 11.3 Å². The van der Waals surface area contributed by atoms with E-state index in [4.69, 9.17) is 10.5 Å². The van der Waals surface area contributed by atoms with Gasteiger partial charge in [0.2, 0.25) is 0 Å². The van der Waals surface area contributed by atoms with E-state index < -0.39 is 0 Å². The third kappa shape index (κ3) is 4.05. The van der Waals surface area contributed by atoms with E-state index in [-0.39, 0.29) is 6.10 Å². The largest absolute Gasteiger partial charge is 0.376 e. The molecule has 1 saturated heterocycles. The van der Waals surface area contributed by atoms with Crippen molar-refractivity contribution >= 4 is 17.3 Å². The average molecular weight is 316 g/mol. The van der Waals surface area contributed by atoms with Crippen LogP contribution in [0.1, 0.15) is 18.5 Å². The van der Waals surface area contributed by atoms with E-state index in [0.29, 0.717) is 12.5 Å². The van der Waals surface area contributed by atoms with Gasteiger partial charge in [-0.15, -0.1) is 11.3 Å². The lowest BCUT2D eigenvalue weighted by Crippen LogP contribution is -2.37. The summed E-state index contributed by atoms with van der Waals surface area (Å²) in [7, 11) is 0. The van der Waals surface area contributed by atoms with Crippen molar-refractivity contribution in [3.05, 3.63) is 41.4 Å². The summed E-state index contributed by atoms with van der Waals surface area (Å²) in [5.74, 6) is 0.449. The van der Waals surface area contributed by atoms with Crippen molar-refractivity contribution in [2.24, 2.45) is 10.7 Å². The number of aliphatic imine (C=N–C) groups is 1. The maximum absolute atomic E-state index is 5.88. The lowest BCUT2D eigenvalue weighted by molar-refractivity contribution is 0.114. The number of aromatic nitrogens is 1. The number of hydrogen-bond donors (Lipinski definition) is 2. The van der Waals surface area contributed by atoms with E-state index in [1.807, 2.05) is 23.6 Å². The van der Waals surface area contributed by atoms with Crippen molar-refractivity contribution in [1.29, 1.82) is 0 Å². The highest BCUT2D eigenvalue weighted by molar-refractivity contribution is 7.13. The highest BCUT2D eigenvalue weighted by atomic mass is 32.1. The second-order valence-corrected chi connectivity index (χ2v) is 6.09. The summed E-state index contributed by atoms with van der Waals surface area (Å²) in [6.45, 7) is 2.07. The Morgan fingerprint density at radius 1 is 1.41 bits per heavy atom. The van der Waals surface area contributed by atoms with Gasteiger partial charge in [0.25, 0.3) is 0 Å². The summed E-state index contributed by atoms with van der Waals surface area (Å²) in [4.78, 5) is 8.93. The van der Waals surface area contributed by atoms with Crippen LogP contribution in [-0.2, 0) is 11.3 Å². The summed E-state index contributed by atoms with van der Waals surface area (Å²) >= 11 is 1.63. The topological polar surface area (TPSA) is 72.5 Å². The Kier molecular flexibility index (Phi) is 5.03. The molecule has 0 amide bonds. The molecule has 22 heavy (non-hydrogen) atoms. The number of thiazole rings is 1. The first-order chi connectivity index (χ1) is 10.8. The van der Waals surface area contributed by atoms with E-state index in [9.17, 15) is 0 Å². The van der Waals surface area contributed by atoms with Gasteiger partial charge < -0.3 is 15.8 Å². The Bertz CT molecular complexity index is 620. The molecule has 0 saturated carbocycles. The lowest BCUT2D eigenvalue weighted by Gasteiger charge is -2.10. The van der Waals surface area contributed by atoms with Gasteiger partial charge in [-0.25, -0.2) is 9.98 Å². The first-order valence-electron chi connectivity index (χ1n) is 7.46. The molecule has 6 heteroatoms. The molecule has 5 nitrogen and oxygen atoms in total. The van der Waals surface area contributed by atoms with Crippen LogP contribution in [0.3, 0.4) is 0 Å². The number of rotatable bonds is 5. The first-order valence-corrected chi connectivity index (χ1v) is 8.34. The molecule has 116 valence electrons. The summed E-state index contributed by atoms with van der Waals surface area (Å²) < 4.78 is 5.53. The van der Waals surface area contributed by atoms with Crippen LogP contribution in [0.25, 0.3) is 10.6 Å². The van der Waals surface area contributed by atoms with Crippen LogP contribution < -0.4 is 11.1 Å². The Balaban J connectivity index is 1.52. The Morgan fingerprint density at radius 2 is 2.27 bits per heavy atom. The molecule has 1 aliphatic heterocycles. The molecule has 3 N–H and O–H groups in total. The molecule has 0 spiro atoms. The molecule has 1 aliphatic rings. The zero-order chi connectivity index (χ0) is 15.2. The zero-order valence-corrected chi connectivity index (χ0v) is 13.2.